The highest BCUT2D eigenvalue weighted by molar-refractivity contribution is 5.90. The van der Waals surface area contributed by atoms with Crippen molar-refractivity contribution in [1.29, 1.82) is 0 Å². The van der Waals surface area contributed by atoms with Crippen molar-refractivity contribution in [3.63, 3.8) is 0 Å². The van der Waals surface area contributed by atoms with E-state index >= 15 is 0 Å². The van der Waals surface area contributed by atoms with Gasteiger partial charge in [0.2, 0.25) is 16.9 Å². The largest absolute Gasteiger partial charge is 0.497 e. The van der Waals surface area contributed by atoms with Crippen LogP contribution in [0.4, 0.5) is 0 Å². The predicted molar refractivity (Wildman–Crippen MR) is 128 cm³/mol. The van der Waals surface area contributed by atoms with Gasteiger partial charge >= 0.3 is 0 Å². The third-order valence-electron chi connectivity index (χ3n) is 5.66. The van der Waals surface area contributed by atoms with Crippen molar-refractivity contribution in [2.24, 2.45) is 0 Å². The molecule has 2 N–H and O–H groups in total. The van der Waals surface area contributed by atoms with Crippen molar-refractivity contribution in [1.82, 2.24) is 15.3 Å². The zero-order valence-electron chi connectivity index (χ0n) is 19.0. The molecule has 5 aromatic rings. The van der Waals surface area contributed by atoms with Crippen molar-refractivity contribution >= 4 is 28.1 Å². The van der Waals surface area contributed by atoms with Crippen molar-refractivity contribution in [3.8, 4) is 17.1 Å². The number of fused-ring (bicyclic) bond motifs is 2. The van der Waals surface area contributed by atoms with Gasteiger partial charge in [-0.05, 0) is 50.2 Å². The Bertz CT molecular complexity index is 1530. The smallest absolute Gasteiger partial charge is 0.228 e. The van der Waals surface area contributed by atoms with Crippen LogP contribution in [-0.2, 0) is 11.2 Å². The number of carbonyl (C=O) groups excluding carboxylic acids is 1. The fourth-order valence-electron chi connectivity index (χ4n) is 4.00. The summed E-state index contributed by atoms with van der Waals surface area (Å²) in [5.41, 5.74) is 3.02. The topological polar surface area (TPSA) is 110 Å². The fraction of sp³-hybridized carbons (Fsp3) is 0.192. The van der Waals surface area contributed by atoms with E-state index < -0.39 is 0 Å². The molecule has 0 unspecified atom stereocenters. The van der Waals surface area contributed by atoms with E-state index in [1.807, 2.05) is 43.3 Å². The van der Waals surface area contributed by atoms with Gasteiger partial charge in [-0.25, -0.2) is 4.98 Å². The molecule has 0 aliphatic carbocycles. The van der Waals surface area contributed by atoms with Crippen molar-refractivity contribution in [2.45, 2.75) is 26.3 Å². The van der Waals surface area contributed by atoms with Crippen LogP contribution in [0.15, 0.2) is 68.2 Å². The second-order valence-corrected chi connectivity index (χ2v) is 8.12. The Labute approximate surface area is 194 Å². The standard InChI is InChI=1S/C26H23N3O5/c1-14-12-21(30)25-24(33-14)18(23(34-25)16-8-10-17(32-3)11-9-16)13-22(31)27-15(2)26-28-19-6-4-5-7-20(19)29-26/h4-12,15H,13H2,1-3H3,(H,27,31)(H,28,29)/t15-/m0/s1. The Morgan fingerprint density at radius 1 is 1.12 bits per heavy atom. The number of para-hydroxylation sites is 2. The quantitative estimate of drug-likeness (QED) is 0.384. The lowest BCUT2D eigenvalue weighted by molar-refractivity contribution is -0.121. The number of furan rings is 1. The van der Waals surface area contributed by atoms with Gasteiger partial charge in [0.15, 0.2) is 5.58 Å². The molecule has 0 aliphatic heterocycles. The van der Waals surface area contributed by atoms with E-state index in [1.165, 1.54) is 6.07 Å². The molecule has 172 valence electrons. The number of nitrogens with one attached hydrogen (secondary N) is 2. The van der Waals surface area contributed by atoms with Gasteiger partial charge in [0.1, 0.15) is 23.1 Å². The van der Waals surface area contributed by atoms with Crippen LogP contribution in [0.5, 0.6) is 5.75 Å². The van der Waals surface area contributed by atoms with Gasteiger partial charge in [0.05, 0.1) is 36.2 Å². The second-order valence-electron chi connectivity index (χ2n) is 8.12. The molecule has 0 bridgehead atoms. The molecular weight excluding hydrogens is 434 g/mol. The monoisotopic (exact) mass is 457 g/mol. The molecule has 3 aromatic heterocycles. The first-order chi connectivity index (χ1) is 16.4. The number of imidazole rings is 1. The van der Waals surface area contributed by atoms with Crippen LogP contribution in [0.3, 0.4) is 0 Å². The molecular formula is C26H23N3O5. The normalized spacial score (nSPS) is 12.2. The number of rotatable bonds is 6. The van der Waals surface area contributed by atoms with Crippen molar-refractivity contribution < 1.29 is 18.4 Å². The lowest BCUT2D eigenvalue weighted by atomic mass is 10.0. The van der Waals surface area contributed by atoms with Gasteiger partial charge in [-0.1, -0.05) is 12.1 Å². The van der Waals surface area contributed by atoms with Crippen molar-refractivity contribution in [3.05, 3.63) is 82.0 Å². The average Bonchev–Trinajstić information content (AvgIpc) is 3.41. The molecule has 5 rings (SSSR count). The minimum absolute atomic E-state index is 0.0364. The number of aromatic nitrogens is 2. The van der Waals surface area contributed by atoms with E-state index in [0.717, 1.165) is 11.0 Å². The first-order valence-electron chi connectivity index (χ1n) is 10.9. The molecule has 1 atom stereocenters. The summed E-state index contributed by atoms with van der Waals surface area (Å²) >= 11 is 0. The molecule has 1 amide bonds. The van der Waals surface area contributed by atoms with E-state index in [9.17, 15) is 9.59 Å². The maximum absolute atomic E-state index is 13.1. The summed E-state index contributed by atoms with van der Waals surface area (Å²) in [7, 11) is 1.58. The number of aromatic amines is 1. The van der Waals surface area contributed by atoms with Crippen LogP contribution in [0, 0.1) is 6.92 Å². The third-order valence-corrected chi connectivity index (χ3v) is 5.66. The molecule has 3 heterocycles. The Morgan fingerprint density at radius 2 is 1.88 bits per heavy atom. The SMILES string of the molecule is COc1ccc(-c2oc3c(=O)cc(C)oc3c2CC(=O)N[C@@H](C)c2nc3ccccc3[nH]2)cc1. The number of amides is 1. The number of benzene rings is 2. The van der Waals surface area contributed by atoms with E-state index in [0.29, 0.717) is 34.2 Å². The molecule has 2 aromatic carbocycles. The zero-order chi connectivity index (χ0) is 23.8. The molecule has 0 saturated heterocycles. The Morgan fingerprint density at radius 3 is 2.62 bits per heavy atom. The van der Waals surface area contributed by atoms with Crippen molar-refractivity contribution in [2.75, 3.05) is 7.11 Å². The molecule has 34 heavy (non-hydrogen) atoms. The maximum Gasteiger partial charge on any atom is 0.228 e. The lowest BCUT2D eigenvalue weighted by Gasteiger charge is -2.11. The number of nitrogens with zero attached hydrogens (tertiary/aromatic N) is 1. The lowest BCUT2D eigenvalue weighted by Crippen LogP contribution is -2.28. The molecule has 8 nitrogen and oxygen atoms in total. The van der Waals surface area contributed by atoms with Crippen LogP contribution in [0.25, 0.3) is 33.5 Å². The van der Waals surface area contributed by atoms with Crippen LogP contribution >= 0.6 is 0 Å². The highest BCUT2D eigenvalue weighted by Gasteiger charge is 2.24. The minimum Gasteiger partial charge on any atom is -0.497 e. The molecule has 0 radical (unpaired) electrons. The van der Waals surface area contributed by atoms with Crippen LogP contribution < -0.4 is 15.5 Å². The maximum atomic E-state index is 13.1. The van der Waals surface area contributed by atoms with Crippen LogP contribution in [0.1, 0.15) is 30.1 Å². The highest BCUT2D eigenvalue weighted by atomic mass is 16.5. The number of methoxy groups -OCH3 is 1. The van der Waals surface area contributed by atoms with E-state index in [-0.39, 0.29) is 35.0 Å². The van der Waals surface area contributed by atoms with Crippen LogP contribution in [-0.4, -0.2) is 23.0 Å². The zero-order valence-corrected chi connectivity index (χ0v) is 19.0. The predicted octanol–water partition coefficient (Wildman–Crippen LogP) is 4.67. The summed E-state index contributed by atoms with van der Waals surface area (Å²) in [5.74, 6) is 1.94. The summed E-state index contributed by atoms with van der Waals surface area (Å²) in [5, 5.41) is 2.97. The Hall–Kier alpha value is -4.33. The number of carbonyl (C=O) groups is 1. The molecule has 8 heteroatoms. The third kappa shape index (κ3) is 3.94. The number of hydrogen-bond donors (Lipinski definition) is 2. The summed E-state index contributed by atoms with van der Waals surface area (Å²) in [4.78, 5) is 33.4. The second kappa shape index (κ2) is 8.55. The molecule has 0 aliphatic rings. The number of ether oxygens (including phenoxy) is 1. The number of H-pyrrole nitrogens is 1. The van der Waals surface area contributed by atoms with E-state index in [2.05, 4.69) is 15.3 Å². The molecule has 0 saturated carbocycles. The van der Waals surface area contributed by atoms with E-state index in [1.54, 1.807) is 26.2 Å². The minimum atomic E-state index is -0.351. The van der Waals surface area contributed by atoms with Gasteiger partial charge in [-0.15, -0.1) is 0 Å². The number of aryl methyl sites for hydroxylation is 1. The summed E-state index contributed by atoms with van der Waals surface area (Å²) in [6.45, 7) is 3.55. The Kier molecular flexibility index (Phi) is 5.41. The highest BCUT2D eigenvalue weighted by Crippen LogP contribution is 2.34. The Balaban J connectivity index is 1.48. The first kappa shape index (κ1) is 21.5. The fourth-order valence-corrected chi connectivity index (χ4v) is 4.00. The average molecular weight is 457 g/mol. The molecule has 0 fully saturated rings. The molecule has 0 spiro atoms. The summed E-state index contributed by atoms with van der Waals surface area (Å²) in [6, 6.07) is 15.9. The van der Waals surface area contributed by atoms with Gasteiger partial charge in [0, 0.05) is 11.6 Å². The van der Waals surface area contributed by atoms with Gasteiger partial charge in [-0.3, -0.25) is 9.59 Å². The van der Waals surface area contributed by atoms with Gasteiger partial charge in [-0.2, -0.15) is 0 Å². The first-order valence-corrected chi connectivity index (χ1v) is 10.9. The van der Waals surface area contributed by atoms with Gasteiger partial charge in [0.25, 0.3) is 0 Å². The van der Waals surface area contributed by atoms with Crippen LogP contribution in [0.2, 0.25) is 0 Å². The van der Waals surface area contributed by atoms with E-state index in [4.69, 9.17) is 13.6 Å². The number of hydrogen-bond acceptors (Lipinski definition) is 6. The van der Waals surface area contributed by atoms with Gasteiger partial charge < -0.3 is 23.9 Å². The summed E-state index contributed by atoms with van der Waals surface area (Å²) in [6.07, 6.45) is -0.0364. The summed E-state index contributed by atoms with van der Waals surface area (Å²) < 4.78 is 17.0.